The number of aromatic nitrogens is 1. The molecular formula is C23H23FN2O3. The van der Waals surface area contributed by atoms with Crippen molar-refractivity contribution in [1.29, 1.82) is 0 Å². The van der Waals surface area contributed by atoms with Crippen molar-refractivity contribution in [3.63, 3.8) is 0 Å². The fourth-order valence-electron chi connectivity index (χ4n) is 5.15. The van der Waals surface area contributed by atoms with Gasteiger partial charge in [-0.2, -0.15) is 0 Å². The van der Waals surface area contributed by atoms with Gasteiger partial charge >= 0.3 is 5.76 Å². The molecule has 2 bridgehead atoms. The minimum absolute atomic E-state index is 0.104. The van der Waals surface area contributed by atoms with E-state index in [1.807, 2.05) is 35.2 Å². The van der Waals surface area contributed by atoms with Crippen molar-refractivity contribution in [3.05, 3.63) is 70.5 Å². The molecular weight excluding hydrogens is 371 g/mol. The summed E-state index contributed by atoms with van der Waals surface area (Å²) in [5, 5.41) is 0. The number of fused-ring (bicyclic) bond motifs is 3. The number of para-hydroxylation sites is 2. The molecule has 29 heavy (non-hydrogen) atoms. The Morgan fingerprint density at radius 3 is 2.45 bits per heavy atom. The maximum atomic E-state index is 13.2. The van der Waals surface area contributed by atoms with Crippen LogP contribution in [0.25, 0.3) is 11.1 Å². The van der Waals surface area contributed by atoms with Crippen LogP contribution in [0.3, 0.4) is 0 Å². The monoisotopic (exact) mass is 394 g/mol. The van der Waals surface area contributed by atoms with Crippen LogP contribution < -0.4 is 5.76 Å². The maximum absolute atomic E-state index is 13.2. The zero-order valence-electron chi connectivity index (χ0n) is 16.1. The van der Waals surface area contributed by atoms with E-state index in [1.54, 1.807) is 10.6 Å². The molecule has 0 spiro atoms. The first-order valence-electron chi connectivity index (χ1n) is 10.2. The summed E-state index contributed by atoms with van der Waals surface area (Å²) in [5.41, 5.74) is 2.43. The summed E-state index contributed by atoms with van der Waals surface area (Å²) >= 11 is 0. The molecule has 1 aromatic heterocycles. The number of piperidine rings is 1. The van der Waals surface area contributed by atoms with Crippen molar-refractivity contribution in [3.8, 4) is 0 Å². The average molecular weight is 394 g/mol. The van der Waals surface area contributed by atoms with E-state index in [1.165, 1.54) is 12.1 Å². The third-order valence-corrected chi connectivity index (χ3v) is 6.49. The number of hydrogen-bond donors (Lipinski definition) is 0. The summed E-state index contributed by atoms with van der Waals surface area (Å²) in [6.07, 6.45) is 4.16. The van der Waals surface area contributed by atoms with Crippen molar-refractivity contribution in [2.45, 2.75) is 56.7 Å². The minimum Gasteiger partial charge on any atom is -0.408 e. The lowest BCUT2D eigenvalue weighted by atomic mass is 9.85. The lowest BCUT2D eigenvalue weighted by Crippen LogP contribution is -2.46. The Kier molecular flexibility index (Phi) is 4.49. The van der Waals surface area contributed by atoms with Crippen LogP contribution in [-0.4, -0.2) is 27.5 Å². The van der Waals surface area contributed by atoms with E-state index in [9.17, 15) is 14.0 Å². The van der Waals surface area contributed by atoms with Crippen molar-refractivity contribution in [2.75, 3.05) is 0 Å². The van der Waals surface area contributed by atoms with Gasteiger partial charge in [0.05, 0.1) is 5.52 Å². The highest BCUT2D eigenvalue weighted by molar-refractivity contribution is 5.78. The minimum atomic E-state index is -0.419. The molecule has 0 N–H and O–H groups in total. The van der Waals surface area contributed by atoms with Crippen molar-refractivity contribution in [1.82, 2.24) is 9.47 Å². The summed E-state index contributed by atoms with van der Waals surface area (Å²) < 4.78 is 20.0. The SMILES string of the molecule is O=C(CCn1c(=O)oc2ccccc21)N1[C@@H]2CC[C@H]1CC(c1ccc(F)cc1)C2. The molecule has 5 nitrogen and oxygen atoms in total. The second kappa shape index (κ2) is 7.17. The Bertz CT molecular complexity index is 1090. The van der Waals surface area contributed by atoms with E-state index < -0.39 is 5.76 Å². The Morgan fingerprint density at radius 2 is 1.72 bits per heavy atom. The molecule has 3 atom stereocenters. The number of amides is 1. The van der Waals surface area contributed by atoms with E-state index in [4.69, 9.17) is 4.42 Å². The van der Waals surface area contributed by atoms with Gasteiger partial charge in [0.2, 0.25) is 5.91 Å². The molecule has 3 aromatic rings. The molecule has 2 aliphatic rings. The normalized spacial score (nSPS) is 23.6. The number of rotatable bonds is 4. The van der Waals surface area contributed by atoms with Gasteiger partial charge in [0.15, 0.2) is 5.58 Å². The highest BCUT2D eigenvalue weighted by Gasteiger charge is 2.43. The zero-order valence-corrected chi connectivity index (χ0v) is 16.1. The number of carbonyl (C=O) groups is 1. The Balaban J connectivity index is 1.28. The predicted molar refractivity (Wildman–Crippen MR) is 107 cm³/mol. The van der Waals surface area contributed by atoms with Crippen LogP contribution in [0, 0.1) is 5.82 Å². The summed E-state index contributed by atoms with van der Waals surface area (Å²) in [4.78, 5) is 27.2. The van der Waals surface area contributed by atoms with Crippen LogP contribution in [0.5, 0.6) is 0 Å². The molecule has 2 aromatic carbocycles. The second-order valence-electron chi connectivity index (χ2n) is 8.14. The molecule has 0 saturated carbocycles. The fraction of sp³-hybridized carbons (Fsp3) is 0.391. The van der Waals surface area contributed by atoms with Crippen LogP contribution >= 0.6 is 0 Å². The first kappa shape index (κ1) is 18.2. The topological polar surface area (TPSA) is 55.5 Å². The third kappa shape index (κ3) is 3.26. The number of nitrogens with zero attached hydrogens (tertiary/aromatic N) is 2. The molecule has 2 saturated heterocycles. The van der Waals surface area contributed by atoms with Gasteiger partial charge < -0.3 is 9.32 Å². The van der Waals surface area contributed by atoms with Crippen molar-refractivity contribution in [2.24, 2.45) is 0 Å². The largest absolute Gasteiger partial charge is 0.419 e. The molecule has 2 fully saturated rings. The van der Waals surface area contributed by atoms with Gasteiger partial charge in [-0.3, -0.25) is 9.36 Å². The fourth-order valence-corrected chi connectivity index (χ4v) is 5.15. The number of benzene rings is 2. The maximum Gasteiger partial charge on any atom is 0.419 e. The van der Waals surface area contributed by atoms with Crippen LogP contribution in [-0.2, 0) is 11.3 Å². The van der Waals surface area contributed by atoms with Gasteiger partial charge in [-0.05, 0) is 61.4 Å². The highest BCUT2D eigenvalue weighted by Crippen LogP contribution is 2.43. The number of carbonyl (C=O) groups excluding carboxylic acids is 1. The van der Waals surface area contributed by atoms with E-state index in [0.29, 0.717) is 18.0 Å². The molecule has 150 valence electrons. The number of hydrogen-bond acceptors (Lipinski definition) is 3. The number of aryl methyl sites for hydroxylation is 1. The van der Waals surface area contributed by atoms with Gasteiger partial charge in [-0.1, -0.05) is 24.3 Å². The van der Waals surface area contributed by atoms with Crippen molar-refractivity contribution >= 4 is 17.0 Å². The molecule has 0 radical (unpaired) electrons. The standard InChI is InChI=1S/C23H23FN2O3/c24-17-7-5-15(6-8-17)16-13-18-9-10-19(14-16)26(18)22(27)11-12-25-20-3-1-2-4-21(20)29-23(25)28/h1-8,16,18-19H,9-14H2/t16?,18-,19+. The molecule has 1 amide bonds. The first-order chi connectivity index (χ1) is 14.1. The van der Waals surface area contributed by atoms with E-state index in [-0.39, 0.29) is 30.2 Å². The van der Waals surface area contributed by atoms with Gasteiger partial charge in [-0.15, -0.1) is 0 Å². The Labute approximate surface area is 167 Å². The molecule has 0 aliphatic carbocycles. The van der Waals surface area contributed by atoms with Crippen LogP contribution in [0.1, 0.15) is 43.6 Å². The average Bonchev–Trinajstić information content (AvgIpc) is 3.19. The van der Waals surface area contributed by atoms with Gasteiger partial charge in [0, 0.05) is 25.0 Å². The summed E-state index contributed by atoms with van der Waals surface area (Å²) in [6.45, 7) is 0.325. The Morgan fingerprint density at radius 1 is 1.03 bits per heavy atom. The number of oxazole rings is 1. The molecule has 2 aliphatic heterocycles. The first-order valence-corrected chi connectivity index (χ1v) is 10.2. The van der Waals surface area contributed by atoms with Crippen LogP contribution in [0.2, 0.25) is 0 Å². The predicted octanol–water partition coefficient (Wildman–Crippen LogP) is 4.06. The summed E-state index contributed by atoms with van der Waals surface area (Å²) in [7, 11) is 0. The number of halogens is 1. The lowest BCUT2D eigenvalue weighted by Gasteiger charge is -2.39. The van der Waals surface area contributed by atoms with Crippen LogP contribution in [0.4, 0.5) is 4.39 Å². The van der Waals surface area contributed by atoms with Gasteiger partial charge in [0.25, 0.3) is 0 Å². The zero-order chi connectivity index (χ0) is 20.0. The van der Waals surface area contributed by atoms with Crippen LogP contribution in [0.15, 0.2) is 57.7 Å². The van der Waals surface area contributed by atoms with E-state index in [2.05, 4.69) is 0 Å². The second-order valence-corrected chi connectivity index (χ2v) is 8.14. The van der Waals surface area contributed by atoms with E-state index >= 15 is 0 Å². The van der Waals surface area contributed by atoms with E-state index in [0.717, 1.165) is 36.8 Å². The summed E-state index contributed by atoms with van der Waals surface area (Å²) in [6, 6.07) is 14.5. The third-order valence-electron chi connectivity index (χ3n) is 6.49. The Hall–Kier alpha value is -2.89. The molecule has 1 unspecified atom stereocenters. The molecule has 5 rings (SSSR count). The summed E-state index contributed by atoms with van der Waals surface area (Å²) in [5.74, 6) is -0.159. The highest BCUT2D eigenvalue weighted by atomic mass is 19.1. The molecule has 3 heterocycles. The quantitative estimate of drug-likeness (QED) is 0.671. The molecule has 6 heteroatoms. The van der Waals surface area contributed by atoms with Gasteiger partial charge in [-0.25, -0.2) is 9.18 Å². The van der Waals surface area contributed by atoms with Gasteiger partial charge in [0.1, 0.15) is 5.82 Å². The lowest BCUT2D eigenvalue weighted by molar-refractivity contribution is -0.136. The van der Waals surface area contributed by atoms with Crippen molar-refractivity contribution < 1.29 is 13.6 Å². The smallest absolute Gasteiger partial charge is 0.408 e.